The molecule has 1 saturated carbocycles. The average Bonchev–Trinajstić information content (AvgIpc) is 3.34. The second-order valence-corrected chi connectivity index (χ2v) is 11.4. The van der Waals surface area contributed by atoms with Crippen molar-refractivity contribution >= 4 is 5.78 Å². The van der Waals surface area contributed by atoms with Gasteiger partial charge >= 0.3 is 0 Å². The first-order valence-electron chi connectivity index (χ1n) is 12.4. The summed E-state index contributed by atoms with van der Waals surface area (Å²) < 4.78 is 12.3. The Kier molecular flexibility index (Phi) is 3.98. The lowest BCUT2D eigenvalue weighted by molar-refractivity contribution is -0.208. The fourth-order valence-corrected chi connectivity index (χ4v) is 8.35. The molecule has 0 unspecified atom stereocenters. The first kappa shape index (κ1) is 20.7. The molecule has 34 heavy (non-hydrogen) atoms. The van der Waals surface area contributed by atoms with Crippen LogP contribution in [0.4, 0.5) is 0 Å². The molecule has 4 atom stereocenters. The summed E-state index contributed by atoms with van der Waals surface area (Å²) in [5.74, 6) is 1.49. The van der Waals surface area contributed by atoms with Gasteiger partial charge in [0.15, 0.2) is 23.4 Å². The Labute approximate surface area is 200 Å². The van der Waals surface area contributed by atoms with Crippen LogP contribution >= 0.6 is 0 Å². The highest BCUT2D eigenvalue weighted by Gasteiger charge is 2.77. The van der Waals surface area contributed by atoms with E-state index in [2.05, 4.69) is 36.6 Å². The van der Waals surface area contributed by atoms with Crippen LogP contribution in [0.1, 0.15) is 42.0 Å². The molecule has 0 aromatic heterocycles. The monoisotopic (exact) mass is 457 g/mol. The van der Waals surface area contributed by atoms with Crippen molar-refractivity contribution in [2.45, 2.75) is 62.2 Å². The molecule has 5 heteroatoms. The molecular formula is C29H31NO4. The van der Waals surface area contributed by atoms with Gasteiger partial charge in [0, 0.05) is 30.1 Å². The summed E-state index contributed by atoms with van der Waals surface area (Å²) in [6, 6.07) is 12.3. The smallest absolute Gasteiger partial charge is 0.181 e. The molecule has 1 N–H and O–H groups in total. The molecular weight excluding hydrogens is 426 g/mol. The number of carbonyl (C=O) groups is 1. The molecule has 2 spiro atoms. The van der Waals surface area contributed by atoms with Crippen LogP contribution in [0.25, 0.3) is 0 Å². The van der Waals surface area contributed by atoms with Crippen LogP contribution in [0, 0.1) is 5.41 Å². The van der Waals surface area contributed by atoms with Crippen molar-refractivity contribution in [2.75, 3.05) is 20.2 Å². The Morgan fingerprint density at radius 1 is 1.21 bits per heavy atom. The predicted octanol–water partition coefficient (Wildman–Crippen LogP) is 3.39. The van der Waals surface area contributed by atoms with E-state index in [0.29, 0.717) is 37.2 Å². The summed E-state index contributed by atoms with van der Waals surface area (Å²) in [6.07, 6.45) is 2.58. The topological polar surface area (TPSA) is 59.0 Å². The second-order valence-electron chi connectivity index (χ2n) is 11.4. The van der Waals surface area contributed by atoms with Gasteiger partial charge in [0.1, 0.15) is 0 Å². The summed E-state index contributed by atoms with van der Waals surface area (Å²) in [5, 5.41) is 12.9. The number of likely N-dealkylation sites (tertiary alicyclic amines) is 1. The molecule has 0 radical (unpaired) electrons. The maximum absolute atomic E-state index is 14.4. The highest BCUT2D eigenvalue weighted by molar-refractivity contribution is 5.96. The minimum absolute atomic E-state index is 0.0791. The predicted molar refractivity (Wildman–Crippen MR) is 128 cm³/mol. The van der Waals surface area contributed by atoms with Crippen molar-refractivity contribution in [2.24, 2.45) is 5.41 Å². The van der Waals surface area contributed by atoms with E-state index in [9.17, 15) is 9.90 Å². The highest BCUT2D eigenvalue weighted by Crippen LogP contribution is 2.68. The number of benzene rings is 2. The number of nitrogens with zero attached hydrogens (tertiary/aromatic N) is 1. The zero-order valence-corrected chi connectivity index (χ0v) is 19.9. The molecule has 3 aliphatic carbocycles. The van der Waals surface area contributed by atoms with Crippen molar-refractivity contribution in [3.05, 3.63) is 70.8 Å². The fourth-order valence-electron chi connectivity index (χ4n) is 8.35. The Morgan fingerprint density at radius 2 is 1.94 bits per heavy atom. The van der Waals surface area contributed by atoms with Gasteiger partial charge in [0.2, 0.25) is 0 Å². The van der Waals surface area contributed by atoms with Crippen molar-refractivity contribution < 1.29 is 19.4 Å². The van der Waals surface area contributed by atoms with Crippen LogP contribution in [-0.2, 0) is 29.5 Å². The average molecular weight is 458 g/mol. The third-order valence-electron chi connectivity index (χ3n) is 9.55. The number of ether oxygens (including phenoxy) is 2. The van der Waals surface area contributed by atoms with Crippen LogP contribution in [0.3, 0.4) is 0 Å². The van der Waals surface area contributed by atoms with Gasteiger partial charge in [0.25, 0.3) is 0 Å². The third-order valence-corrected chi connectivity index (χ3v) is 9.55. The van der Waals surface area contributed by atoms with Gasteiger partial charge in [0.05, 0.1) is 18.1 Å². The molecule has 2 aromatic rings. The number of carbonyl (C=O) groups excluding carboxylic acids is 1. The molecule has 0 amide bonds. The van der Waals surface area contributed by atoms with E-state index in [0.717, 1.165) is 30.6 Å². The standard InChI is InChI=1S/C29H31NO4/c1-17(2)15-30-11-10-28-23-18-8-9-21(33-3)24(23)34-26(28)25(31)27(16-29(28,32)22(30)12-18)13-19-6-4-5-7-20(19)14-27/h4-9,22,26,32H,1,10-16H2,2-3H3/t22-,26+,28+,29-/m1/s1. The minimum Gasteiger partial charge on any atom is -0.493 e. The lowest BCUT2D eigenvalue weighted by Gasteiger charge is -2.65. The number of hydrogen-bond acceptors (Lipinski definition) is 5. The fraction of sp³-hybridized carbons (Fsp3) is 0.483. The van der Waals surface area contributed by atoms with Crippen LogP contribution in [-0.4, -0.2) is 53.7 Å². The number of rotatable bonds is 3. The quantitative estimate of drug-likeness (QED) is 0.716. The lowest BCUT2D eigenvalue weighted by Crippen LogP contribution is -2.79. The molecule has 2 bridgehead atoms. The molecule has 5 nitrogen and oxygen atoms in total. The minimum atomic E-state index is -1.06. The molecule has 1 saturated heterocycles. The van der Waals surface area contributed by atoms with Crippen molar-refractivity contribution in [1.29, 1.82) is 0 Å². The summed E-state index contributed by atoms with van der Waals surface area (Å²) >= 11 is 0. The zero-order chi connectivity index (χ0) is 23.5. The summed E-state index contributed by atoms with van der Waals surface area (Å²) in [4.78, 5) is 16.8. The molecule has 2 aliphatic heterocycles. The van der Waals surface area contributed by atoms with Crippen molar-refractivity contribution in [3.63, 3.8) is 0 Å². The zero-order valence-electron chi connectivity index (χ0n) is 19.9. The molecule has 2 heterocycles. The van der Waals surface area contributed by atoms with E-state index in [1.54, 1.807) is 7.11 Å². The summed E-state index contributed by atoms with van der Waals surface area (Å²) in [5.41, 5.74) is 3.33. The number of fused-ring (bicyclic) bond motifs is 1. The summed E-state index contributed by atoms with van der Waals surface area (Å²) in [6.45, 7) is 7.79. The van der Waals surface area contributed by atoms with Crippen LogP contribution < -0.4 is 9.47 Å². The van der Waals surface area contributed by atoms with E-state index in [-0.39, 0.29) is 11.8 Å². The Hall–Kier alpha value is -2.63. The second kappa shape index (κ2) is 6.52. The van der Waals surface area contributed by atoms with E-state index in [4.69, 9.17) is 9.47 Å². The Balaban J connectivity index is 1.45. The molecule has 5 aliphatic rings. The number of aliphatic hydroxyl groups is 1. The van der Waals surface area contributed by atoms with Gasteiger partial charge in [-0.1, -0.05) is 42.5 Å². The van der Waals surface area contributed by atoms with E-state index in [1.807, 2.05) is 18.2 Å². The number of piperidine rings is 1. The first-order valence-corrected chi connectivity index (χ1v) is 12.4. The highest BCUT2D eigenvalue weighted by atomic mass is 16.5. The maximum Gasteiger partial charge on any atom is 0.181 e. The van der Waals surface area contributed by atoms with E-state index in [1.165, 1.54) is 16.7 Å². The molecule has 2 fully saturated rings. The van der Waals surface area contributed by atoms with Gasteiger partial charge in [-0.25, -0.2) is 0 Å². The SMILES string of the molecule is C=C(C)CN1CC[C@]23c4c5ccc(OC)c4O[C@H]2C(=O)C2(Cc4ccccc4C2)C[C@@]3(O)[C@H]1C5. The Bertz CT molecular complexity index is 1240. The first-order chi connectivity index (χ1) is 16.3. The number of methoxy groups -OCH3 is 1. The largest absolute Gasteiger partial charge is 0.493 e. The normalized spacial score (nSPS) is 33.9. The summed E-state index contributed by atoms with van der Waals surface area (Å²) in [7, 11) is 1.64. The van der Waals surface area contributed by atoms with E-state index < -0.39 is 22.5 Å². The molecule has 2 aromatic carbocycles. The number of ketones is 1. The number of hydrogen-bond donors (Lipinski definition) is 1. The van der Waals surface area contributed by atoms with Crippen molar-refractivity contribution in [1.82, 2.24) is 4.90 Å². The van der Waals surface area contributed by atoms with Crippen LogP contribution in [0.5, 0.6) is 11.5 Å². The van der Waals surface area contributed by atoms with Gasteiger partial charge in [-0.3, -0.25) is 9.69 Å². The molecule has 176 valence electrons. The van der Waals surface area contributed by atoms with Crippen LogP contribution in [0.15, 0.2) is 48.6 Å². The van der Waals surface area contributed by atoms with E-state index >= 15 is 0 Å². The van der Waals surface area contributed by atoms with Gasteiger partial charge in [-0.05, 0) is 61.8 Å². The third kappa shape index (κ3) is 2.26. The number of Topliss-reactive ketones (excluding diaryl/α,β-unsaturated/α-hetero) is 1. The lowest BCUT2D eigenvalue weighted by atomic mass is 9.44. The maximum atomic E-state index is 14.4. The van der Waals surface area contributed by atoms with Crippen molar-refractivity contribution in [3.8, 4) is 11.5 Å². The van der Waals surface area contributed by atoms with Gasteiger partial charge in [-0.2, -0.15) is 0 Å². The van der Waals surface area contributed by atoms with Gasteiger partial charge in [-0.15, -0.1) is 0 Å². The Morgan fingerprint density at radius 3 is 2.62 bits per heavy atom. The molecule has 7 rings (SSSR count). The van der Waals surface area contributed by atoms with Crippen LogP contribution in [0.2, 0.25) is 0 Å². The van der Waals surface area contributed by atoms with Gasteiger partial charge < -0.3 is 14.6 Å².